The number of nitrogens with zero attached hydrogens (tertiary/aromatic N) is 5. The maximum Gasteiger partial charge on any atom is 0.250 e. The minimum absolute atomic E-state index is 0.0287. The van der Waals surface area contributed by atoms with Gasteiger partial charge < -0.3 is 10.1 Å². The Balaban J connectivity index is 1.66. The van der Waals surface area contributed by atoms with Gasteiger partial charge in [-0.1, -0.05) is 12.1 Å². The Morgan fingerprint density at radius 1 is 1.07 bits per heavy atom. The van der Waals surface area contributed by atoms with E-state index < -0.39 is 0 Å². The molecule has 0 saturated carbocycles. The van der Waals surface area contributed by atoms with Gasteiger partial charge in [0.15, 0.2) is 11.5 Å². The van der Waals surface area contributed by atoms with Gasteiger partial charge in [0.1, 0.15) is 6.61 Å². The van der Waals surface area contributed by atoms with Gasteiger partial charge in [0.05, 0.1) is 5.69 Å². The molecule has 1 amide bonds. The normalized spacial score (nSPS) is 10.9. The molecular weight excluding hydrogens is 356 g/mol. The minimum Gasteiger partial charge on any atom is -0.372 e. The number of pyridine rings is 1. The lowest BCUT2D eigenvalue weighted by molar-refractivity contribution is -0.120. The Hall–Kier alpha value is -3.65. The average molecular weight is 374 g/mol. The molecule has 0 radical (unpaired) electrons. The molecule has 28 heavy (non-hydrogen) atoms. The maximum atomic E-state index is 11.9. The summed E-state index contributed by atoms with van der Waals surface area (Å²) in [6.07, 6.45) is 3.41. The number of aromatic nitrogens is 5. The van der Waals surface area contributed by atoms with Crippen LogP contribution in [0.3, 0.4) is 0 Å². The highest BCUT2D eigenvalue weighted by Crippen LogP contribution is 2.23. The molecule has 140 valence electrons. The lowest BCUT2D eigenvalue weighted by atomic mass is 10.1. The summed E-state index contributed by atoms with van der Waals surface area (Å²) >= 11 is 0. The van der Waals surface area contributed by atoms with E-state index in [1.54, 1.807) is 16.9 Å². The zero-order valence-electron chi connectivity index (χ0n) is 15.2. The Kier molecular flexibility index (Phi) is 5.03. The molecule has 0 spiro atoms. The van der Waals surface area contributed by atoms with Crippen LogP contribution in [0.25, 0.3) is 28.3 Å². The van der Waals surface area contributed by atoms with Crippen LogP contribution >= 0.6 is 0 Å². The van der Waals surface area contributed by atoms with Crippen molar-refractivity contribution in [2.75, 3.05) is 18.5 Å². The fourth-order valence-corrected chi connectivity index (χ4v) is 2.77. The van der Waals surface area contributed by atoms with Crippen LogP contribution in [0.5, 0.6) is 0 Å². The topological polar surface area (TPSA) is 94.3 Å². The Labute approximate surface area is 161 Å². The third kappa shape index (κ3) is 3.72. The summed E-state index contributed by atoms with van der Waals surface area (Å²) in [6, 6.07) is 15.0. The van der Waals surface area contributed by atoms with E-state index in [-0.39, 0.29) is 12.5 Å². The smallest absolute Gasteiger partial charge is 0.250 e. The molecule has 0 aliphatic heterocycles. The number of ether oxygens (including phenoxy) is 1. The van der Waals surface area contributed by atoms with Crippen LogP contribution in [0, 0.1) is 0 Å². The Morgan fingerprint density at radius 2 is 1.93 bits per heavy atom. The van der Waals surface area contributed by atoms with E-state index >= 15 is 0 Å². The number of hydrogen-bond acceptors (Lipinski definition) is 6. The second-order valence-electron chi connectivity index (χ2n) is 6.01. The van der Waals surface area contributed by atoms with Crippen molar-refractivity contribution in [3.63, 3.8) is 0 Å². The van der Waals surface area contributed by atoms with Crippen LogP contribution in [0.4, 0.5) is 5.69 Å². The zero-order valence-corrected chi connectivity index (χ0v) is 15.2. The lowest BCUT2D eigenvalue weighted by Gasteiger charge is -2.08. The Bertz CT molecular complexity index is 1110. The van der Waals surface area contributed by atoms with Crippen molar-refractivity contribution in [3.8, 4) is 22.6 Å². The van der Waals surface area contributed by atoms with Crippen molar-refractivity contribution in [1.29, 1.82) is 0 Å². The van der Waals surface area contributed by atoms with Gasteiger partial charge in [-0.3, -0.25) is 9.78 Å². The van der Waals surface area contributed by atoms with Crippen LogP contribution in [0.2, 0.25) is 0 Å². The van der Waals surface area contributed by atoms with Crippen molar-refractivity contribution < 1.29 is 9.53 Å². The number of carbonyl (C=O) groups is 1. The minimum atomic E-state index is -0.193. The Morgan fingerprint density at radius 3 is 2.75 bits per heavy atom. The highest BCUT2D eigenvalue weighted by Gasteiger charge is 2.11. The molecular formula is C20H18N6O2. The highest BCUT2D eigenvalue weighted by molar-refractivity contribution is 5.92. The number of nitrogens with one attached hydrogen (secondary N) is 1. The van der Waals surface area contributed by atoms with Crippen LogP contribution in [-0.2, 0) is 9.53 Å². The average Bonchev–Trinajstić information content (AvgIpc) is 3.16. The van der Waals surface area contributed by atoms with E-state index in [0.717, 1.165) is 16.8 Å². The second-order valence-corrected chi connectivity index (χ2v) is 6.01. The first-order chi connectivity index (χ1) is 13.7. The number of amides is 1. The number of benzene rings is 1. The van der Waals surface area contributed by atoms with E-state index in [1.165, 1.54) is 0 Å². The molecule has 3 aromatic heterocycles. The zero-order chi connectivity index (χ0) is 19.3. The summed E-state index contributed by atoms with van der Waals surface area (Å²) in [5, 5.41) is 15.9. The van der Waals surface area contributed by atoms with Gasteiger partial charge in [0, 0.05) is 35.8 Å². The van der Waals surface area contributed by atoms with Crippen molar-refractivity contribution in [2.45, 2.75) is 6.92 Å². The molecule has 0 aliphatic rings. The molecule has 8 heteroatoms. The fourth-order valence-electron chi connectivity index (χ4n) is 2.77. The van der Waals surface area contributed by atoms with Gasteiger partial charge in [-0.15, -0.1) is 10.2 Å². The monoisotopic (exact) mass is 374 g/mol. The number of carbonyl (C=O) groups excluding carboxylic acids is 1. The molecule has 0 fully saturated rings. The predicted octanol–water partition coefficient (Wildman–Crippen LogP) is 2.83. The van der Waals surface area contributed by atoms with E-state index in [0.29, 0.717) is 23.8 Å². The van der Waals surface area contributed by atoms with E-state index in [4.69, 9.17) is 4.74 Å². The fraction of sp³-hybridized carbons (Fsp3) is 0.150. The van der Waals surface area contributed by atoms with Crippen LogP contribution in [0.15, 0.2) is 60.9 Å². The number of hydrogen-bond donors (Lipinski definition) is 1. The third-order valence-electron chi connectivity index (χ3n) is 4.08. The molecule has 0 saturated heterocycles. The molecule has 1 N–H and O–H groups in total. The number of fused-ring (bicyclic) bond motifs is 1. The summed E-state index contributed by atoms with van der Waals surface area (Å²) in [6.45, 7) is 2.37. The third-order valence-corrected chi connectivity index (χ3v) is 4.08. The quantitative estimate of drug-likeness (QED) is 0.558. The van der Waals surface area contributed by atoms with E-state index in [2.05, 4.69) is 25.6 Å². The predicted molar refractivity (Wildman–Crippen MR) is 105 cm³/mol. The van der Waals surface area contributed by atoms with Gasteiger partial charge in [-0.25, -0.2) is 0 Å². The first kappa shape index (κ1) is 17.7. The van der Waals surface area contributed by atoms with Crippen molar-refractivity contribution in [2.24, 2.45) is 0 Å². The van der Waals surface area contributed by atoms with Gasteiger partial charge in [0.25, 0.3) is 0 Å². The number of rotatable bonds is 6. The molecule has 0 unspecified atom stereocenters. The molecule has 4 aromatic rings. The van der Waals surface area contributed by atoms with Crippen LogP contribution in [-0.4, -0.2) is 43.9 Å². The molecule has 0 bridgehead atoms. The molecule has 1 aromatic carbocycles. The summed E-state index contributed by atoms with van der Waals surface area (Å²) in [5.74, 6) is 0.446. The lowest BCUT2D eigenvalue weighted by Crippen LogP contribution is -2.18. The highest BCUT2D eigenvalue weighted by atomic mass is 16.5. The largest absolute Gasteiger partial charge is 0.372 e. The first-order valence-corrected chi connectivity index (χ1v) is 8.85. The summed E-state index contributed by atoms with van der Waals surface area (Å²) in [4.78, 5) is 15.9. The molecule has 4 rings (SSSR count). The van der Waals surface area contributed by atoms with Crippen molar-refractivity contribution in [3.05, 3.63) is 60.9 Å². The van der Waals surface area contributed by atoms with Crippen molar-refractivity contribution in [1.82, 2.24) is 24.8 Å². The summed E-state index contributed by atoms with van der Waals surface area (Å²) in [7, 11) is 0. The van der Waals surface area contributed by atoms with Crippen LogP contribution in [0.1, 0.15) is 6.92 Å². The van der Waals surface area contributed by atoms with E-state index in [9.17, 15) is 4.79 Å². The van der Waals surface area contributed by atoms with Crippen LogP contribution < -0.4 is 5.32 Å². The van der Waals surface area contributed by atoms with Gasteiger partial charge in [0.2, 0.25) is 5.91 Å². The standard InChI is InChI=1S/C20H18N6O2/c1-2-28-13-19(27)22-16-5-3-4-15(12-16)17-6-7-18-23-24-20(26(18)25-17)14-8-10-21-11-9-14/h3-12H,2,13H2,1H3,(H,22,27). The van der Waals surface area contributed by atoms with Gasteiger partial charge in [-0.05, 0) is 43.3 Å². The molecule has 3 heterocycles. The molecule has 0 aliphatic carbocycles. The van der Waals surface area contributed by atoms with Gasteiger partial charge >= 0.3 is 0 Å². The number of anilines is 1. The summed E-state index contributed by atoms with van der Waals surface area (Å²) < 4.78 is 6.83. The SMILES string of the molecule is CCOCC(=O)Nc1cccc(-c2ccc3nnc(-c4ccncc4)n3n2)c1. The van der Waals surface area contributed by atoms with Gasteiger partial charge in [-0.2, -0.15) is 9.61 Å². The van der Waals surface area contributed by atoms with Crippen molar-refractivity contribution >= 4 is 17.2 Å². The van der Waals surface area contributed by atoms with E-state index in [1.807, 2.05) is 55.5 Å². The second kappa shape index (κ2) is 7.93. The first-order valence-electron chi connectivity index (χ1n) is 8.85. The maximum absolute atomic E-state index is 11.9. The summed E-state index contributed by atoms with van der Waals surface area (Å²) in [5.41, 5.74) is 3.82. The molecule has 8 nitrogen and oxygen atoms in total. The molecule has 0 atom stereocenters.